The van der Waals surface area contributed by atoms with E-state index in [9.17, 15) is 14.0 Å². The van der Waals surface area contributed by atoms with Crippen LogP contribution in [-0.2, 0) is 16.1 Å². The molecule has 0 atom stereocenters. The Kier molecular flexibility index (Phi) is 6.35. The van der Waals surface area contributed by atoms with Crippen LogP contribution < -0.4 is 15.5 Å². The Labute approximate surface area is 186 Å². The highest BCUT2D eigenvalue weighted by atomic mass is 19.1. The summed E-state index contributed by atoms with van der Waals surface area (Å²) in [7, 11) is 0. The van der Waals surface area contributed by atoms with Gasteiger partial charge in [-0.1, -0.05) is 18.2 Å². The van der Waals surface area contributed by atoms with Crippen molar-refractivity contribution in [2.24, 2.45) is 5.92 Å². The number of anilines is 2. The Morgan fingerprint density at radius 1 is 1.12 bits per heavy atom. The highest BCUT2D eigenvalue weighted by Gasteiger charge is 2.26. The predicted octanol–water partition coefficient (Wildman–Crippen LogP) is 4.17. The highest BCUT2D eigenvalue weighted by molar-refractivity contribution is 5.93. The molecule has 2 aromatic carbocycles. The standard InChI is InChI=1S/C25H27FN4O2/c1-16-13-24(29-23-8-7-20(14-21(16)23)28-17(2)31)30-11-9-18(10-12-30)25(32)27-15-19-5-3-4-6-22(19)26/h3-8,13-14,18H,9-12,15H2,1-2H3,(H,27,32)(H,28,31). The molecule has 4 rings (SSSR count). The van der Waals surface area contributed by atoms with E-state index in [1.54, 1.807) is 18.2 Å². The van der Waals surface area contributed by atoms with E-state index in [1.165, 1.54) is 13.0 Å². The second-order valence-corrected chi connectivity index (χ2v) is 8.28. The molecule has 1 aliphatic heterocycles. The maximum atomic E-state index is 13.8. The van der Waals surface area contributed by atoms with Gasteiger partial charge in [0.2, 0.25) is 11.8 Å². The van der Waals surface area contributed by atoms with Gasteiger partial charge in [0.25, 0.3) is 0 Å². The summed E-state index contributed by atoms with van der Waals surface area (Å²) >= 11 is 0. The number of carbonyl (C=O) groups is 2. The molecule has 2 N–H and O–H groups in total. The lowest BCUT2D eigenvalue weighted by Crippen LogP contribution is -2.40. The van der Waals surface area contributed by atoms with E-state index in [0.29, 0.717) is 5.56 Å². The van der Waals surface area contributed by atoms with Crippen molar-refractivity contribution >= 4 is 34.2 Å². The first kappa shape index (κ1) is 21.7. The zero-order valence-corrected chi connectivity index (χ0v) is 18.3. The van der Waals surface area contributed by atoms with Crippen molar-refractivity contribution in [3.8, 4) is 0 Å². The smallest absolute Gasteiger partial charge is 0.223 e. The summed E-state index contributed by atoms with van der Waals surface area (Å²) in [5.74, 6) is 0.380. The monoisotopic (exact) mass is 434 g/mol. The molecule has 1 aromatic heterocycles. The molecule has 2 amide bonds. The lowest BCUT2D eigenvalue weighted by atomic mass is 9.95. The Morgan fingerprint density at radius 3 is 2.59 bits per heavy atom. The topological polar surface area (TPSA) is 74.3 Å². The van der Waals surface area contributed by atoms with Crippen molar-refractivity contribution < 1.29 is 14.0 Å². The molecule has 0 spiro atoms. The van der Waals surface area contributed by atoms with Crippen LogP contribution in [0.5, 0.6) is 0 Å². The second kappa shape index (κ2) is 9.34. The van der Waals surface area contributed by atoms with E-state index < -0.39 is 0 Å². The summed E-state index contributed by atoms with van der Waals surface area (Å²) in [4.78, 5) is 30.9. The van der Waals surface area contributed by atoms with Crippen LogP contribution in [0.25, 0.3) is 10.9 Å². The molecule has 0 unspecified atom stereocenters. The summed E-state index contributed by atoms with van der Waals surface area (Å²) in [6, 6.07) is 14.3. The number of aromatic nitrogens is 1. The minimum Gasteiger partial charge on any atom is -0.357 e. The number of nitrogens with one attached hydrogen (secondary N) is 2. The van der Waals surface area contributed by atoms with Gasteiger partial charge in [0.15, 0.2) is 0 Å². The second-order valence-electron chi connectivity index (χ2n) is 8.28. The minimum atomic E-state index is -0.301. The van der Waals surface area contributed by atoms with Crippen LogP contribution in [0.2, 0.25) is 0 Å². The van der Waals surface area contributed by atoms with Gasteiger partial charge in [-0.2, -0.15) is 0 Å². The molecule has 0 aliphatic carbocycles. The molecule has 2 heterocycles. The Hall–Kier alpha value is -3.48. The van der Waals surface area contributed by atoms with Crippen molar-refractivity contribution in [2.75, 3.05) is 23.3 Å². The summed E-state index contributed by atoms with van der Waals surface area (Å²) < 4.78 is 13.8. The summed E-state index contributed by atoms with van der Waals surface area (Å²) in [5, 5.41) is 6.68. The molecule has 6 nitrogen and oxygen atoms in total. The molecule has 3 aromatic rings. The number of piperidine rings is 1. The number of nitrogens with zero attached hydrogens (tertiary/aromatic N) is 2. The number of carbonyl (C=O) groups excluding carboxylic acids is 2. The first-order valence-electron chi connectivity index (χ1n) is 10.9. The zero-order valence-electron chi connectivity index (χ0n) is 18.3. The maximum absolute atomic E-state index is 13.8. The number of halogens is 1. The lowest BCUT2D eigenvalue weighted by Gasteiger charge is -2.32. The minimum absolute atomic E-state index is 0.0268. The molecule has 1 saturated heterocycles. The van der Waals surface area contributed by atoms with Crippen LogP contribution in [0.1, 0.15) is 30.9 Å². The number of benzene rings is 2. The van der Waals surface area contributed by atoms with Crippen LogP contribution in [-0.4, -0.2) is 29.9 Å². The van der Waals surface area contributed by atoms with Crippen LogP contribution in [0.3, 0.4) is 0 Å². The zero-order chi connectivity index (χ0) is 22.7. The van der Waals surface area contributed by atoms with E-state index >= 15 is 0 Å². The van der Waals surface area contributed by atoms with Gasteiger partial charge in [0.05, 0.1) is 5.52 Å². The predicted molar refractivity (Wildman–Crippen MR) is 124 cm³/mol. The van der Waals surface area contributed by atoms with Gasteiger partial charge in [-0.05, 0) is 55.7 Å². The number of aryl methyl sites for hydroxylation is 1. The number of amides is 2. The number of hydrogen-bond donors (Lipinski definition) is 2. The maximum Gasteiger partial charge on any atom is 0.223 e. The van der Waals surface area contributed by atoms with Crippen molar-refractivity contribution in [1.82, 2.24) is 10.3 Å². The molecular formula is C25H27FN4O2. The van der Waals surface area contributed by atoms with Gasteiger partial charge < -0.3 is 15.5 Å². The van der Waals surface area contributed by atoms with Gasteiger partial charge in [-0.3, -0.25) is 9.59 Å². The first-order chi connectivity index (χ1) is 15.4. The van der Waals surface area contributed by atoms with E-state index in [0.717, 1.165) is 53.9 Å². The third-order valence-electron chi connectivity index (χ3n) is 5.92. The average molecular weight is 435 g/mol. The van der Waals surface area contributed by atoms with Crippen molar-refractivity contribution in [1.29, 1.82) is 0 Å². The Balaban J connectivity index is 1.38. The largest absolute Gasteiger partial charge is 0.357 e. The SMILES string of the molecule is CC(=O)Nc1ccc2nc(N3CCC(C(=O)NCc4ccccc4F)CC3)cc(C)c2c1. The third kappa shape index (κ3) is 4.88. The molecule has 32 heavy (non-hydrogen) atoms. The number of pyridine rings is 1. The van der Waals surface area contributed by atoms with Crippen molar-refractivity contribution in [3.63, 3.8) is 0 Å². The fraction of sp³-hybridized carbons (Fsp3) is 0.320. The molecule has 1 fully saturated rings. The fourth-order valence-electron chi connectivity index (χ4n) is 4.16. The van der Waals surface area contributed by atoms with Gasteiger partial charge in [-0.15, -0.1) is 0 Å². The fourth-order valence-corrected chi connectivity index (χ4v) is 4.16. The van der Waals surface area contributed by atoms with Gasteiger partial charge in [0, 0.05) is 49.1 Å². The molecule has 166 valence electrons. The number of fused-ring (bicyclic) bond motifs is 1. The summed E-state index contributed by atoms with van der Waals surface area (Å²) in [6.07, 6.45) is 1.45. The molecular weight excluding hydrogens is 407 g/mol. The van der Waals surface area contributed by atoms with Gasteiger partial charge in [-0.25, -0.2) is 9.37 Å². The molecule has 0 radical (unpaired) electrons. The molecule has 1 aliphatic rings. The quantitative estimate of drug-likeness (QED) is 0.632. The lowest BCUT2D eigenvalue weighted by molar-refractivity contribution is -0.125. The van der Waals surface area contributed by atoms with Crippen LogP contribution in [0, 0.1) is 18.7 Å². The molecule has 0 saturated carbocycles. The van der Waals surface area contributed by atoms with Crippen molar-refractivity contribution in [2.45, 2.75) is 33.2 Å². The Morgan fingerprint density at radius 2 is 1.88 bits per heavy atom. The summed E-state index contributed by atoms with van der Waals surface area (Å²) in [5.41, 5.74) is 3.21. The summed E-state index contributed by atoms with van der Waals surface area (Å²) in [6.45, 7) is 5.20. The van der Waals surface area contributed by atoms with E-state index in [1.807, 2.05) is 25.1 Å². The van der Waals surface area contributed by atoms with E-state index in [-0.39, 0.29) is 30.1 Å². The van der Waals surface area contributed by atoms with E-state index in [4.69, 9.17) is 4.98 Å². The number of rotatable bonds is 5. The van der Waals surface area contributed by atoms with Crippen molar-refractivity contribution in [3.05, 3.63) is 65.5 Å². The third-order valence-corrected chi connectivity index (χ3v) is 5.92. The van der Waals surface area contributed by atoms with Gasteiger partial charge >= 0.3 is 0 Å². The van der Waals surface area contributed by atoms with E-state index in [2.05, 4.69) is 21.6 Å². The first-order valence-corrected chi connectivity index (χ1v) is 10.9. The highest BCUT2D eigenvalue weighted by Crippen LogP contribution is 2.28. The molecule has 7 heteroatoms. The van der Waals surface area contributed by atoms with Crippen LogP contribution in [0.4, 0.5) is 15.9 Å². The van der Waals surface area contributed by atoms with Crippen LogP contribution >= 0.6 is 0 Å². The Bertz CT molecular complexity index is 1160. The van der Waals surface area contributed by atoms with Gasteiger partial charge in [0.1, 0.15) is 11.6 Å². The normalized spacial score (nSPS) is 14.4. The van der Waals surface area contributed by atoms with Crippen LogP contribution in [0.15, 0.2) is 48.5 Å². The average Bonchev–Trinajstić information content (AvgIpc) is 2.78. The molecule has 0 bridgehead atoms. The number of hydrogen-bond acceptors (Lipinski definition) is 4.